The normalized spacial score (nSPS) is 12.4. The van der Waals surface area contributed by atoms with E-state index in [4.69, 9.17) is 13.9 Å². The summed E-state index contributed by atoms with van der Waals surface area (Å²) in [6.07, 6.45) is 0. The Morgan fingerprint density at radius 2 is 1.00 bits per heavy atom. The van der Waals surface area contributed by atoms with Crippen molar-refractivity contribution in [2.75, 3.05) is 0 Å². The predicted molar refractivity (Wildman–Crippen MR) is 183 cm³/mol. The van der Waals surface area contributed by atoms with Crippen LogP contribution in [0.1, 0.15) is 0 Å². The summed E-state index contributed by atoms with van der Waals surface area (Å²) in [5.41, 5.74) is 3.21. The van der Waals surface area contributed by atoms with Crippen LogP contribution in [0.4, 0.5) is 0 Å². The standard InChI is InChI=1S/C40H25O4P/c41-45(29-13-3-1-4-14-29,30-15-5-2-6-16-30)38-20-10-19-33-32-18-9-17-31(39(32)44-40(33)38)28-21-22-34-35(25-28)43-37-24-27-12-8-7-11-26(27)23-36(37)42-34/h1-25H. The lowest BCUT2D eigenvalue weighted by molar-refractivity contribution is 0.360. The Bertz CT molecular complexity index is 2420. The zero-order valence-corrected chi connectivity index (χ0v) is 24.9. The van der Waals surface area contributed by atoms with Crippen LogP contribution >= 0.6 is 7.14 Å². The summed E-state index contributed by atoms with van der Waals surface area (Å²) in [5.74, 6) is 2.68. The number of hydrogen-bond donors (Lipinski definition) is 0. The molecule has 7 aromatic carbocycles. The lowest BCUT2D eigenvalue weighted by Gasteiger charge is -2.22. The first-order valence-corrected chi connectivity index (χ1v) is 16.6. The van der Waals surface area contributed by atoms with Crippen molar-refractivity contribution in [1.82, 2.24) is 0 Å². The first-order valence-electron chi connectivity index (χ1n) is 14.9. The minimum Gasteiger partial charge on any atom is -0.455 e. The van der Waals surface area contributed by atoms with E-state index in [0.29, 0.717) is 33.9 Å². The van der Waals surface area contributed by atoms with Crippen molar-refractivity contribution in [2.45, 2.75) is 0 Å². The molecule has 0 saturated heterocycles. The zero-order chi connectivity index (χ0) is 30.0. The van der Waals surface area contributed by atoms with Gasteiger partial charge in [0.2, 0.25) is 0 Å². The molecule has 1 aliphatic heterocycles. The smallest absolute Gasteiger partial charge is 0.174 e. The second kappa shape index (κ2) is 9.99. The molecule has 214 valence electrons. The van der Waals surface area contributed by atoms with Gasteiger partial charge in [-0.1, -0.05) is 121 Å². The van der Waals surface area contributed by atoms with Crippen molar-refractivity contribution < 1.29 is 18.5 Å². The van der Waals surface area contributed by atoms with Gasteiger partial charge in [0.25, 0.3) is 0 Å². The van der Waals surface area contributed by atoms with Crippen molar-refractivity contribution in [3.05, 3.63) is 152 Å². The third kappa shape index (κ3) is 4.03. The molecule has 0 radical (unpaired) electrons. The molecular formula is C40H25O4P. The van der Waals surface area contributed by atoms with Crippen molar-refractivity contribution in [3.8, 4) is 34.1 Å². The summed E-state index contributed by atoms with van der Waals surface area (Å²) in [6, 6.07) is 49.6. The SMILES string of the molecule is O=P(c1ccccc1)(c1ccccc1)c1cccc2c1oc1c(-c3ccc4c(c3)Oc3cc5ccccc5cc3O4)cccc12. The highest BCUT2D eigenvalue weighted by atomic mass is 31.2. The molecule has 0 aliphatic carbocycles. The second-order valence-electron chi connectivity index (χ2n) is 11.2. The highest BCUT2D eigenvalue weighted by Crippen LogP contribution is 2.49. The quantitative estimate of drug-likeness (QED) is 0.189. The molecule has 0 atom stereocenters. The minimum absolute atomic E-state index is 0.634. The third-order valence-electron chi connectivity index (χ3n) is 8.59. The number of para-hydroxylation sites is 2. The van der Waals surface area contributed by atoms with Gasteiger partial charge in [0.1, 0.15) is 11.2 Å². The fraction of sp³-hybridized carbons (Fsp3) is 0. The topological polar surface area (TPSA) is 48.7 Å². The van der Waals surface area contributed by atoms with E-state index in [2.05, 4.69) is 18.2 Å². The fourth-order valence-electron chi connectivity index (χ4n) is 6.42. The number of rotatable bonds is 4. The molecule has 0 saturated carbocycles. The lowest BCUT2D eigenvalue weighted by Crippen LogP contribution is -2.25. The van der Waals surface area contributed by atoms with Crippen LogP contribution in [0.25, 0.3) is 43.8 Å². The Hall–Kier alpha value is -5.57. The number of hydrogen-bond acceptors (Lipinski definition) is 4. The van der Waals surface area contributed by atoms with Crippen LogP contribution in [-0.4, -0.2) is 0 Å². The van der Waals surface area contributed by atoms with Crippen molar-refractivity contribution in [1.29, 1.82) is 0 Å². The molecule has 0 spiro atoms. The highest BCUT2D eigenvalue weighted by Gasteiger charge is 2.33. The van der Waals surface area contributed by atoms with Gasteiger partial charge in [0.15, 0.2) is 30.1 Å². The van der Waals surface area contributed by atoms with Gasteiger partial charge >= 0.3 is 0 Å². The van der Waals surface area contributed by atoms with Crippen LogP contribution in [0, 0.1) is 0 Å². The molecular weight excluding hydrogens is 575 g/mol. The summed E-state index contributed by atoms with van der Waals surface area (Å²) in [5, 5.41) is 6.29. The summed E-state index contributed by atoms with van der Waals surface area (Å²) < 4.78 is 34.7. The summed E-state index contributed by atoms with van der Waals surface area (Å²) in [7, 11) is -3.26. The Balaban J connectivity index is 1.20. The summed E-state index contributed by atoms with van der Waals surface area (Å²) in [4.78, 5) is 0. The van der Waals surface area contributed by atoms with Crippen LogP contribution in [0.3, 0.4) is 0 Å². The molecule has 0 fully saturated rings. The molecule has 4 nitrogen and oxygen atoms in total. The van der Waals surface area contributed by atoms with Crippen LogP contribution < -0.4 is 25.4 Å². The molecule has 8 aromatic rings. The molecule has 9 rings (SSSR count). The van der Waals surface area contributed by atoms with Gasteiger partial charge in [0.05, 0.1) is 5.30 Å². The van der Waals surface area contributed by atoms with E-state index in [1.807, 2.05) is 133 Å². The van der Waals surface area contributed by atoms with Gasteiger partial charge in [-0.05, 0) is 46.7 Å². The third-order valence-corrected chi connectivity index (χ3v) is 11.7. The second-order valence-corrected chi connectivity index (χ2v) is 14.0. The molecule has 1 aromatic heterocycles. The highest BCUT2D eigenvalue weighted by molar-refractivity contribution is 7.85. The molecule has 0 unspecified atom stereocenters. The monoisotopic (exact) mass is 600 g/mol. The van der Waals surface area contributed by atoms with Gasteiger partial charge in [-0.15, -0.1) is 0 Å². The average molecular weight is 601 g/mol. The maximum atomic E-state index is 15.3. The Morgan fingerprint density at radius 1 is 0.444 bits per heavy atom. The fourth-order valence-corrected chi connectivity index (χ4v) is 9.20. The Labute approximate surface area is 259 Å². The van der Waals surface area contributed by atoms with E-state index in [-0.39, 0.29) is 0 Å². The van der Waals surface area contributed by atoms with E-state index >= 15 is 4.57 Å². The van der Waals surface area contributed by atoms with Gasteiger partial charge in [-0.3, -0.25) is 0 Å². The van der Waals surface area contributed by atoms with Crippen LogP contribution in [0.2, 0.25) is 0 Å². The largest absolute Gasteiger partial charge is 0.455 e. The van der Waals surface area contributed by atoms with Crippen LogP contribution in [0.15, 0.2) is 156 Å². The van der Waals surface area contributed by atoms with Crippen molar-refractivity contribution in [3.63, 3.8) is 0 Å². The van der Waals surface area contributed by atoms with Gasteiger partial charge < -0.3 is 18.5 Å². The predicted octanol–water partition coefficient (Wildman–Crippen LogP) is 9.94. The van der Waals surface area contributed by atoms with Crippen LogP contribution in [0.5, 0.6) is 23.0 Å². The maximum Gasteiger partial charge on any atom is 0.174 e. The molecule has 2 heterocycles. The minimum atomic E-state index is -3.26. The maximum absolute atomic E-state index is 15.3. The number of ether oxygens (including phenoxy) is 2. The molecule has 5 heteroatoms. The van der Waals surface area contributed by atoms with E-state index in [1.165, 1.54) is 0 Å². The zero-order valence-electron chi connectivity index (χ0n) is 24.0. The Morgan fingerprint density at radius 3 is 1.67 bits per heavy atom. The van der Waals surface area contributed by atoms with E-state index in [0.717, 1.165) is 48.9 Å². The van der Waals surface area contributed by atoms with Gasteiger partial charge in [-0.2, -0.15) is 0 Å². The molecule has 1 aliphatic rings. The molecule has 0 N–H and O–H groups in total. The lowest BCUT2D eigenvalue weighted by atomic mass is 10.0. The average Bonchev–Trinajstić information content (AvgIpc) is 3.49. The van der Waals surface area contributed by atoms with Crippen molar-refractivity contribution >= 4 is 55.8 Å². The first-order chi connectivity index (χ1) is 22.2. The van der Waals surface area contributed by atoms with E-state index in [9.17, 15) is 0 Å². The van der Waals surface area contributed by atoms with Gasteiger partial charge in [-0.25, -0.2) is 0 Å². The summed E-state index contributed by atoms with van der Waals surface area (Å²) >= 11 is 0. The molecule has 45 heavy (non-hydrogen) atoms. The van der Waals surface area contributed by atoms with E-state index < -0.39 is 7.14 Å². The number of benzene rings is 7. The number of furan rings is 1. The Kier molecular flexibility index (Phi) is 5.74. The van der Waals surface area contributed by atoms with Gasteiger partial charge in [0, 0.05) is 26.9 Å². The van der Waals surface area contributed by atoms with Crippen molar-refractivity contribution in [2.24, 2.45) is 0 Å². The summed E-state index contributed by atoms with van der Waals surface area (Å²) in [6.45, 7) is 0. The first kappa shape index (κ1) is 25.9. The van der Waals surface area contributed by atoms with Crippen LogP contribution in [-0.2, 0) is 4.57 Å². The molecule has 0 amide bonds. The molecule has 0 bridgehead atoms. The number of fused-ring (bicyclic) bond motifs is 6. The van der Waals surface area contributed by atoms with E-state index in [1.54, 1.807) is 0 Å².